The molecule has 1 heterocycles. The molecule has 1 saturated heterocycles. The molecule has 0 radical (unpaired) electrons. The summed E-state index contributed by atoms with van der Waals surface area (Å²) in [7, 11) is 1.25. The fourth-order valence-corrected chi connectivity index (χ4v) is 3.53. The number of amides is 2. The van der Waals surface area contributed by atoms with E-state index in [0.29, 0.717) is 25.8 Å². The molecule has 0 aromatic heterocycles. The molecular formula is C25H32N2O6. The van der Waals surface area contributed by atoms with Crippen LogP contribution in [0.25, 0.3) is 6.08 Å². The van der Waals surface area contributed by atoms with Crippen LogP contribution in [0.15, 0.2) is 48.6 Å². The third-order valence-corrected chi connectivity index (χ3v) is 5.14. The molecule has 33 heavy (non-hydrogen) atoms. The zero-order valence-corrected chi connectivity index (χ0v) is 19.4. The minimum atomic E-state index is -0.846. The van der Waals surface area contributed by atoms with Crippen molar-refractivity contribution in [3.8, 4) is 0 Å². The highest BCUT2D eigenvalue weighted by atomic mass is 16.5. The molecule has 1 aromatic carbocycles. The van der Waals surface area contributed by atoms with E-state index in [-0.39, 0.29) is 24.3 Å². The van der Waals surface area contributed by atoms with Crippen molar-refractivity contribution >= 4 is 29.8 Å². The monoisotopic (exact) mass is 456 g/mol. The second kappa shape index (κ2) is 13.2. The van der Waals surface area contributed by atoms with Gasteiger partial charge in [-0.1, -0.05) is 44.2 Å². The van der Waals surface area contributed by atoms with E-state index >= 15 is 0 Å². The maximum Gasteiger partial charge on any atom is 0.330 e. The Kier molecular flexibility index (Phi) is 10.3. The zero-order chi connectivity index (χ0) is 24.2. The number of esters is 2. The van der Waals surface area contributed by atoms with Gasteiger partial charge >= 0.3 is 11.9 Å². The van der Waals surface area contributed by atoms with E-state index in [2.05, 4.69) is 10.1 Å². The summed E-state index contributed by atoms with van der Waals surface area (Å²) in [4.78, 5) is 50.9. The third kappa shape index (κ3) is 8.56. The minimum absolute atomic E-state index is 0.114. The van der Waals surface area contributed by atoms with E-state index in [1.807, 2.05) is 44.2 Å². The lowest BCUT2D eigenvalue weighted by Crippen LogP contribution is -2.51. The van der Waals surface area contributed by atoms with E-state index in [9.17, 15) is 19.2 Å². The van der Waals surface area contributed by atoms with Gasteiger partial charge in [-0.05, 0) is 42.9 Å². The molecule has 2 amide bonds. The SMILES string of the molecule is COC(=O)/C=C/COC(=O)[C@H](CC(C)C)NC(=O)[C@H]1CCCN1C(=O)/C=C/c1ccccc1. The van der Waals surface area contributed by atoms with Gasteiger partial charge in [0.25, 0.3) is 0 Å². The molecule has 0 saturated carbocycles. The van der Waals surface area contributed by atoms with Crippen LogP contribution in [0.3, 0.4) is 0 Å². The lowest BCUT2D eigenvalue weighted by molar-refractivity contribution is -0.148. The van der Waals surface area contributed by atoms with Crippen molar-refractivity contribution in [2.45, 2.75) is 45.2 Å². The number of methoxy groups -OCH3 is 1. The fraction of sp³-hybridized carbons (Fsp3) is 0.440. The van der Waals surface area contributed by atoms with E-state index in [4.69, 9.17) is 4.74 Å². The van der Waals surface area contributed by atoms with Crippen molar-refractivity contribution in [3.05, 3.63) is 54.1 Å². The fourth-order valence-electron chi connectivity index (χ4n) is 3.53. The first-order chi connectivity index (χ1) is 15.8. The Bertz CT molecular complexity index is 878. The Morgan fingerprint density at radius 3 is 2.55 bits per heavy atom. The van der Waals surface area contributed by atoms with E-state index < -0.39 is 24.0 Å². The van der Waals surface area contributed by atoms with Gasteiger partial charge in [-0.25, -0.2) is 9.59 Å². The van der Waals surface area contributed by atoms with Gasteiger partial charge in [0.1, 0.15) is 18.7 Å². The number of carbonyl (C=O) groups excluding carboxylic acids is 4. The maximum absolute atomic E-state index is 13.0. The number of carbonyl (C=O) groups is 4. The van der Waals surface area contributed by atoms with Gasteiger partial charge in [-0.2, -0.15) is 0 Å². The predicted octanol–water partition coefficient (Wildman–Crippen LogP) is 2.49. The van der Waals surface area contributed by atoms with E-state index in [1.165, 1.54) is 24.2 Å². The first-order valence-electron chi connectivity index (χ1n) is 11.1. The zero-order valence-electron chi connectivity index (χ0n) is 19.4. The summed E-state index contributed by atoms with van der Waals surface area (Å²) in [5.74, 6) is -1.63. The molecule has 1 aromatic rings. The summed E-state index contributed by atoms with van der Waals surface area (Å²) in [6, 6.07) is 7.96. The second-order valence-electron chi connectivity index (χ2n) is 8.18. The summed E-state index contributed by atoms with van der Waals surface area (Å²) in [5, 5.41) is 2.76. The number of benzene rings is 1. The van der Waals surface area contributed by atoms with Gasteiger partial charge in [0.05, 0.1) is 7.11 Å². The van der Waals surface area contributed by atoms with Gasteiger partial charge in [0.2, 0.25) is 11.8 Å². The Hall–Kier alpha value is -3.42. The van der Waals surface area contributed by atoms with Crippen LogP contribution < -0.4 is 5.32 Å². The molecule has 1 fully saturated rings. The van der Waals surface area contributed by atoms with Gasteiger partial charge in [0.15, 0.2) is 0 Å². The lowest BCUT2D eigenvalue weighted by Gasteiger charge is -2.26. The lowest BCUT2D eigenvalue weighted by atomic mass is 10.0. The van der Waals surface area contributed by atoms with Crippen molar-refractivity contribution in [3.63, 3.8) is 0 Å². The highest BCUT2D eigenvalue weighted by Gasteiger charge is 2.35. The molecule has 8 heteroatoms. The van der Waals surface area contributed by atoms with E-state index in [0.717, 1.165) is 11.6 Å². The highest BCUT2D eigenvalue weighted by molar-refractivity contribution is 5.96. The number of hydrogen-bond acceptors (Lipinski definition) is 6. The van der Waals surface area contributed by atoms with Crippen LogP contribution in [0.5, 0.6) is 0 Å². The van der Waals surface area contributed by atoms with Crippen molar-refractivity contribution in [2.24, 2.45) is 5.92 Å². The summed E-state index contributed by atoms with van der Waals surface area (Å²) >= 11 is 0. The number of rotatable bonds is 10. The van der Waals surface area contributed by atoms with Crippen LogP contribution in [-0.2, 0) is 28.7 Å². The van der Waals surface area contributed by atoms with Gasteiger partial charge < -0.3 is 19.7 Å². The molecule has 178 valence electrons. The Morgan fingerprint density at radius 2 is 1.88 bits per heavy atom. The molecule has 1 aliphatic rings. The Labute approximate surface area is 194 Å². The van der Waals surface area contributed by atoms with Crippen molar-refractivity contribution in [1.29, 1.82) is 0 Å². The van der Waals surface area contributed by atoms with Crippen molar-refractivity contribution in [2.75, 3.05) is 20.3 Å². The quantitative estimate of drug-likeness (QED) is 0.429. The summed E-state index contributed by atoms with van der Waals surface area (Å²) < 4.78 is 9.66. The molecule has 1 aliphatic heterocycles. The van der Waals surface area contributed by atoms with Gasteiger partial charge in [-0.3, -0.25) is 9.59 Å². The van der Waals surface area contributed by atoms with Crippen LogP contribution in [0.1, 0.15) is 38.7 Å². The number of nitrogens with one attached hydrogen (secondary N) is 1. The van der Waals surface area contributed by atoms with Crippen LogP contribution in [0.2, 0.25) is 0 Å². The van der Waals surface area contributed by atoms with Crippen LogP contribution >= 0.6 is 0 Å². The normalized spacial score (nSPS) is 16.8. The Morgan fingerprint density at radius 1 is 1.15 bits per heavy atom. The minimum Gasteiger partial charge on any atom is -0.466 e. The molecule has 0 aliphatic carbocycles. The number of nitrogens with zero attached hydrogens (tertiary/aromatic N) is 1. The molecular weight excluding hydrogens is 424 g/mol. The molecule has 0 spiro atoms. The first-order valence-corrected chi connectivity index (χ1v) is 11.1. The average molecular weight is 457 g/mol. The summed E-state index contributed by atoms with van der Waals surface area (Å²) in [6.07, 6.45) is 7.34. The largest absolute Gasteiger partial charge is 0.466 e. The van der Waals surface area contributed by atoms with Crippen molar-refractivity contribution < 1.29 is 28.7 Å². The van der Waals surface area contributed by atoms with Gasteiger partial charge in [0, 0.05) is 18.7 Å². The molecule has 0 bridgehead atoms. The molecule has 2 atom stereocenters. The van der Waals surface area contributed by atoms with Crippen LogP contribution in [0.4, 0.5) is 0 Å². The second-order valence-corrected chi connectivity index (χ2v) is 8.18. The number of ether oxygens (including phenoxy) is 2. The average Bonchev–Trinajstić information content (AvgIpc) is 3.30. The Balaban J connectivity index is 1.99. The van der Waals surface area contributed by atoms with Gasteiger partial charge in [-0.15, -0.1) is 0 Å². The summed E-state index contributed by atoms with van der Waals surface area (Å²) in [5.41, 5.74) is 0.895. The van der Waals surface area contributed by atoms with Crippen LogP contribution in [0, 0.1) is 5.92 Å². The predicted molar refractivity (Wildman–Crippen MR) is 124 cm³/mol. The van der Waals surface area contributed by atoms with Crippen LogP contribution in [-0.4, -0.2) is 61.0 Å². The summed E-state index contributed by atoms with van der Waals surface area (Å²) in [6.45, 7) is 4.23. The highest BCUT2D eigenvalue weighted by Crippen LogP contribution is 2.19. The molecule has 8 nitrogen and oxygen atoms in total. The van der Waals surface area contributed by atoms with E-state index in [1.54, 1.807) is 6.08 Å². The topological polar surface area (TPSA) is 102 Å². The molecule has 0 unspecified atom stereocenters. The number of hydrogen-bond donors (Lipinski definition) is 1. The standard InChI is InChI=1S/C25H32N2O6/c1-18(2)17-20(25(31)33-16-8-12-23(29)32-3)26-24(30)21-11-7-15-27(21)22(28)14-13-19-9-5-4-6-10-19/h4-6,8-10,12-14,18,20-21H,7,11,15-17H2,1-3H3,(H,26,30)/b12-8+,14-13+/t20-,21+/m0/s1. The smallest absolute Gasteiger partial charge is 0.330 e. The maximum atomic E-state index is 13.0. The first kappa shape index (κ1) is 25.8. The molecule has 1 N–H and O–H groups in total. The third-order valence-electron chi connectivity index (χ3n) is 5.14. The van der Waals surface area contributed by atoms with Crippen molar-refractivity contribution in [1.82, 2.24) is 10.2 Å². The molecule has 2 rings (SSSR count). The number of likely N-dealkylation sites (tertiary alicyclic amines) is 1.